The lowest BCUT2D eigenvalue weighted by molar-refractivity contribution is 0.241. The van der Waals surface area contributed by atoms with Crippen molar-refractivity contribution in [3.8, 4) is 5.75 Å². The fraction of sp³-hybridized carbons (Fsp3) is 0.417. The Morgan fingerprint density at radius 2 is 2.00 bits per heavy atom. The van der Waals surface area contributed by atoms with Gasteiger partial charge in [-0.3, -0.25) is 0 Å². The lowest BCUT2D eigenvalue weighted by Crippen LogP contribution is -2.27. The third-order valence-electron chi connectivity index (χ3n) is 2.30. The van der Waals surface area contributed by atoms with Crippen molar-refractivity contribution in [3.63, 3.8) is 0 Å². The monoisotopic (exact) mass is 316 g/mol. The molecule has 0 aliphatic heterocycles. The van der Waals surface area contributed by atoms with E-state index in [1.165, 1.54) is 0 Å². The van der Waals surface area contributed by atoms with Gasteiger partial charge in [-0.2, -0.15) is 0 Å². The van der Waals surface area contributed by atoms with E-state index in [9.17, 15) is 0 Å². The molecule has 0 aliphatic rings. The van der Waals surface area contributed by atoms with Crippen LogP contribution in [0.1, 0.15) is 6.42 Å². The number of ether oxygens (including phenoxy) is 1. The van der Waals surface area contributed by atoms with Crippen molar-refractivity contribution in [3.05, 3.63) is 28.7 Å². The first kappa shape index (κ1) is 14.4. The van der Waals surface area contributed by atoms with Crippen LogP contribution in [0.2, 0.25) is 0 Å². The summed E-state index contributed by atoms with van der Waals surface area (Å²) in [5.41, 5.74) is 5.44. The second kappa shape index (κ2) is 7.63. The second-order valence-corrected chi connectivity index (χ2v) is 5.26. The molecule has 0 spiro atoms. The molecule has 0 saturated carbocycles. The van der Waals surface area contributed by atoms with E-state index >= 15 is 0 Å². The van der Waals surface area contributed by atoms with Crippen LogP contribution < -0.4 is 10.5 Å². The van der Waals surface area contributed by atoms with E-state index in [1.807, 2.05) is 31.3 Å². The van der Waals surface area contributed by atoms with Crippen LogP contribution in [-0.4, -0.2) is 36.6 Å². The van der Waals surface area contributed by atoms with Crippen molar-refractivity contribution in [1.82, 2.24) is 4.90 Å². The maximum Gasteiger partial charge on any atom is 0.119 e. The maximum atomic E-state index is 5.61. The molecule has 0 amide bonds. The van der Waals surface area contributed by atoms with Gasteiger partial charge in [0, 0.05) is 24.0 Å². The minimum absolute atomic E-state index is 0.561. The first-order chi connectivity index (χ1) is 8.08. The predicted octanol–water partition coefficient (Wildman–Crippen LogP) is 2.44. The molecule has 0 radical (unpaired) electrons. The van der Waals surface area contributed by atoms with Gasteiger partial charge in [-0.1, -0.05) is 28.1 Å². The van der Waals surface area contributed by atoms with Crippen molar-refractivity contribution >= 4 is 33.1 Å². The molecule has 17 heavy (non-hydrogen) atoms. The van der Waals surface area contributed by atoms with Gasteiger partial charge in [0.25, 0.3) is 0 Å². The minimum atomic E-state index is 0.561. The van der Waals surface area contributed by atoms with Crippen LogP contribution in [0, 0.1) is 0 Å². The molecule has 0 fully saturated rings. The summed E-state index contributed by atoms with van der Waals surface area (Å²) in [5, 5.41) is 0. The molecule has 3 nitrogen and oxygen atoms in total. The standard InChI is InChI=1S/C12H17BrN2OS/c1-15(7-6-12(14)17)8-9-16-11-4-2-10(13)3-5-11/h2-5H,6-9H2,1H3,(H2,14,17). The predicted molar refractivity (Wildman–Crippen MR) is 78.5 cm³/mol. The Morgan fingerprint density at radius 3 is 2.59 bits per heavy atom. The van der Waals surface area contributed by atoms with Gasteiger partial charge in [-0.25, -0.2) is 0 Å². The SMILES string of the molecule is CN(CCOc1ccc(Br)cc1)CCC(N)=S. The van der Waals surface area contributed by atoms with Gasteiger partial charge in [-0.05, 0) is 31.3 Å². The average Bonchev–Trinajstić information content (AvgIpc) is 2.29. The normalized spacial score (nSPS) is 10.5. The largest absolute Gasteiger partial charge is 0.492 e. The summed E-state index contributed by atoms with van der Waals surface area (Å²) in [6.07, 6.45) is 0.754. The topological polar surface area (TPSA) is 38.5 Å². The fourth-order valence-electron chi connectivity index (χ4n) is 1.26. The molecule has 94 valence electrons. The minimum Gasteiger partial charge on any atom is -0.492 e. The quantitative estimate of drug-likeness (QED) is 0.784. The summed E-state index contributed by atoms with van der Waals surface area (Å²) >= 11 is 8.21. The Balaban J connectivity index is 2.18. The molecule has 1 aromatic carbocycles. The van der Waals surface area contributed by atoms with Gasteiger partial charge in [0.05, 0.1) is 4.99 Å². The van der Waals surface area contributed by atoms with Crippen LogP contribution in [0.25, 0.3) is 0 Å². The second-order valence-electron chi connectivity index (χ2n) is 3.82. The highest BCUT2D eigenvalue weighted by Crippen LogP contribution is 2.15. The summed E-state index contributed by atoms with van der Waals surface area (Å²) in [4.78, 5) is 2.71. The number of nitrogens with two attached hydrogens (primary N) is 1. The zero-order chi connectivity index (χ0) is 12.7. The number of nitrogens with zero attached hydrogens (tertiary/aromatic N) is 1. The van der Waals surface area contributed by atoms with E-state index in [0.717, 1.165) is 29.7 Å². The highest BCUT2D eigenvalue weighted by molar-refractivity contribution is 9.10. The third kappa shape index (κ3) is 6.61. The van der Waals surface area contributed by atoms with E-state index in [-0.39, 0.29) is 0 Å². The molecule has 0 aliphatic carbocycles. The first-order valence-corrected chi connectivity index (χ1v) is 6.63. The number of rotatable bonds is 7. The van der Waals surface area contributed by atoms with Crippen LogP contribution in [0.5, 0.6) is 5.75 Å². The average molecular weight is 317 g/mol. The van der Waals surface area contributed by atoms with Crippen LogP contribution >= 0.6 is 28.1 Å². The van der Waals surface area contributed by atoms with Crippen molar-refractivity contribution in [1.29, 1.82) is 0 Å². The van der Waals surface area contributed by atoms with Gasteiger partial charge >= 0.3 is 0 Å². The Labute approximate surface area is 116 Å². The van der Waals surface area contributed by atoms with Crippen molar-refractivity contribution in [2.24, 2.45) is 5.73 Å². The molecule has 5 heteroatoms. The molecular formula is C12H17BrN2OS. The molecule has 0 aromatic heterocycles. The number of hydrogen-bond donors (Lipinski definition) is 1. The Morgan fingerprint density at radius 1 is 1.35 bits per heavy atom. The number of benzene rings is 1. The summed E-state index contributed by atoms with van der Waals surface area (Å²) < 4.78 is 6.67. The molecule has 0 unspecified atom stereocenters. The molecule has 0 bridgehead atoms. The van der Waals surface area contributed by atoms with Gasteiger partial charge in [0.15, 0.2) is 0 Å². The van der Waals surface area contributed by atoms with Crippen molar-refractivity contribution in [2.75, 3.05) is 26.7 Å². The summed E-state index contributed by atoms with van der Waals surface area (Å²) in [6, 6.07) is 7.82. The molecule has 0 saturated heterocycles. The summed E-state index contributed by atoms with van der Waals surface area (Å²) in [5.74, 6) is 0.885. The highest BCUT2D eigenvalue weighted by atomic mass is 79.9. The van der Waals surface area contributed by atoms with E-state index < -0.39 is 0 Å². The number of likely N-dealkylation sites (N-methyl/N-ethyl adjacent to an activating group) is 1. The molecule has 0 heterocycles. The van der Waals surface area contributed by atoms with E-state index in [2.05, 4.69) is 20.8 Å². The van der Waals surface area contributed by atoms with Gasteiger partial charge in [0.2, 0.25) is 0 Å². The molecular weight excluding hydrogens is 300 g/mol. The van der Waals surface area contributed by atoms with Gasteiger partial charge < -0.3 is 15.4 Å². The van der Waals surface area contributed by atoms with E-state index in [4.69, 9.17) is 22.7 Å². The first-order valence-electron chi connectivity index (χ1n) is 5.43. The van der Waals surface area contributed by atoms with Crippen LogP contribution in [0.3, 0.4) is 0 Å². The third-order valence-corrected chi connectivity index (χ3v) is 3.03. The maximum absolute atomic E-state index is 5.61. The Hall–Kier alpha value is -0.650. The van der Waals surface area contributed by atoms with E-state index in [1.54, 1.807) is 0 Å². The summed E-state index contributed by atoms with van der Waals surface area (Å²) in [6.45, 7) is 2.40. The van der Waals surface area contributed by atoms with Gasteiger partial charge in [-0.15, -0.1) is 0 Å². The van der Waals surface area contributed by atoms with E-state index in [0.29, 0.717) is 11.6 Å². The van der Waals surface area contributed by atoms with Crippen LogP contribution in [0.4, 0.5) is 0 Å². The Bertz CT molecular complexity index is 356. The molecule has 2 N–H and O–H groups in total. The van der Waals surface area contributed by atoms with Crippen molar-refractivity contribution < 1.29 is 4.74 Å². The van der Waals surface area contributed by atoms with Gasteiger partial charge in [0.1, 0.15) is 12.4 Å². The Kier molecular flexibility index (Phi) is 6.47. The molecule has 1 aromatic rings. The summed E-state index contributed by atoms with van der Waals surface area (Å²) in [7, 11) is 2.03. The van der Waals surface area contributed by atoms with Crippen LogP contribution in [-0.2, 0) is 0 Å². The smallest absolute Gasteiger partial charge is 0.119 e. The van der Waals surface area contributed by atoms with Crippen LogP contribution in [0.15, 0.2) is 28.7 Å². The number of halogens is 1. The fourth-order valence-corrected chi connectivity index (χ4v) is 1.62. The zero-order valence-corrected chi connectivity index (χ0v) is 12.3. The highest BCUT2D eigenvalue weighted by Gasteiger charge is 2.00. The zero-order valence-electron chi connectivity index (χ0n) is 9.86. The lowest BCUT2D eigenvalue weighted by Gasteiger charge is -2.16. The molecule has 1 rings (SSSR count). The molecule has 0 atom stereocenters. The number of thiocarbonyl (C=S) groups is 1. The number of hydrogen-bond acceptors (Lipinski definition) is 3. The van der Waals surface area contributed by atoms with Crippen molar-refractivity contribution in [2.45, 2.75) is 6.42 Å². The lowest BCUT2D eigenvalue weighted by atomic mass is 10.3.